The van der Waals surface area contributed by atoms with Gasteiger partial charge in [-0.15, -0.1) is 0 Å². The fourth-order valence-corrected chi connectivity index (χ4v) is 8.89. The summed E-state index contributed by atoms with van der Waals surface area (Å²) in [4.78, 5) is 26.3. The Morgan fingerprint density at radius 3 is 1.24 bits per heavy atom. The van der Waals surface area contributed by atoms with Crippen LogP contribution in [-0.4, -0.2) is 46.9 Å². The van der Waals surface area contributed by atoms with E-state index in [-0.39, 0.29) is 24.9 Å². The molecule has 0 aliphatic rings. The summed E-state index contributed by atoms with van der Waals surface area (Å²) in [6.07, 6.45) is 70.0. The van der Waals surface area contributed by atoms with Gasteiger partial charge in [0.25, 0.3) is 0 Å². The molecule has 0 saturated heterocycles. The highest BCUT2D eigenvalue weighted by molar-refractivity contribution is 5.77. The molecule has 0 aromatic carbocycles. The first kappa shape index (κ1) is 65.6. The van der Waals surface area contributed by atoms with Crippen LogP contribution in [0.15, 0.2) is 60.8 Å². The minimum Gasteiger partial charge on any atom is -0.462 e. The van der Waals surface area contributed by atoms with Crippen LogP contribution in [0.4, 0.5) is 0 Å². The predicted octanol–water partition coefficient (Wildman–Crippen LogP) is 18.4. The number of unbranched alkanes of at least 4 members (excludes halogenated alkanes) is 31. The Labute approximate surface area is 422 Å². The molecule has 0 aromatic rings. The third-order valence-corrected chi connectivity index (χ3v) is 13.3. The van der Waals surface area contributed by atoms with Crippen LogP contribution < -0.4 is 5.32 Å². The Morgan fingerprint density at radius 1 is 0.441 bits per heavy atom. The van der Waals surface area contributed by atoms with Crippen LogP contribution >= 0.6 is 0 Å². The topological polar surface area (TPSA) is 95.9 Å². The standard InChI is InChI=1S/C62H113NO5/c1-4-7-10-13-16-19-22-25-28-31-32-35-38-41-44-47-50-53-58(68-62(67)55-52-49-46-43-40-37-34-30-27-24-21-18-15-12-9-6-3)56-61(66)63-59(57-64)60(65)54-51-48-45-42-39-36-33-29-26-23-20-17-14-11-8-5-2/h9,12,16,18-19,21,25,27-28,30,58-60,64-65H,4-8,10-11,13-15,17,20,22-24,26,29,31-57H2,1-3H3,(H,63,66)/b12-9+,19-16-,21-18+,28-25-,30-27+. The summed E-state index contributed by atoms with van der Waals surface area (Å²) in [5.74, 6) is -0.487. The summed E-state index contributed by atoms with van der Waals surface area (Å²) >= 11 is 0. The maximum absolute atomic E-state index is 13.3. The van der Waals surface area contributed by atoms with Crippen LogP contribution in [0.5, 0.6) is 0 Å². The zero-order valence-electron chi connectivity index (χ0n) is 45.2. The predicted molar refractivity (Wildman–Crippen MR) is 296 cm³/mol. The molecule has 0 fully saturated rings. The number of aliphatic hydroxyl groups excluding tert-OH is 2. The number of rotatable bonds is 53. The maximum Gasteiger partial charge on any atom is 0.306 e. The summed E-state index contributed by atoms with van der Waals surface area (Å²) in [7, 11) is 0. The van der Waals surface area contributed by atoms with E-state index in [2.05, 4.69) is 86.8 Å². The number of carbonyl (C=O) groups excluding carboxylic acids is 2. The van der Waals surface area contributed by atoms with E-state index in [0.29, 0.717) is 19.3 Å². The fraction of sp³-hybridized carbons (Fsp3) is 0.806. The Morgan fingerprint density at radius 2 is 0.794 bits per heavy atom. The van der Waals surface area contributed by atoms with Crippen molar-refractivity contribution in [2.45, 2.75) is 315 Å². The van der Waals surface area contributed by atoms with Crippen molar-refractivity contribution in [3.8, 4) is 0 Å². The molecule has 0 aromatic heterocycles. The zero-order chi connectivity index (χ0) is 49.5. The van der Waals surface area contributed by atoms with Gasteiger partial charge in [-0.2, -0.15) is 0 Å². The van der Waals surface area contributed by atoms with Gasteiger partial charge in [-0.3, -0.25) is 9.59 Å². The number of hydrogen-bond donors (Lipinski definition) is 3. The van der Waals surface area contributed by atoms with E-state index in [4.69, 9.17) is 4.74 Å². The number of hydrogen-bond acceptors (Lipinski definition) is 5. The van der Waals surface area contributed by atoms with Crippen molar-refractivity contribution >= 4 is 11.9 Å². The van der Waals surface area contributed by atoms with Crippen LogP contribution in [0.2, 0.25) is 0 Å². The summed E-state index contributed by atoms with van der Waals surface area (Å²) < 4.78 is 5.96. The van der Waals surface area contributed by atoms with Gasteiger partial charge in [-0.25, -0.2) is 0 Å². The van der Waals surface area contributed by atoms with E-state index >= 15 is 0 Å². The number of aliphatic hydroxyl groups is 2. The SMILES string of the molecule is CC/C=C/C/C=C/C/C=C/CCCCCCCCC(=O)OC(CCCCCCCCC/C=C\C/C=C\CCCCC)CC(=O)NC(CO)C(O)CCCCCCCCCCCCCCCCCC. The molecule has 0 aliphatic heterocycles. The van der Waals surface area contributed by atoms with Crippen molar-refractivity contribution in [1.29, 1.82) is 0 Å². The lowest BCUT2D eigenvalue weighted by atomic mass is 10.0. The smallest absolute Gasteiger partial charge is 0.306 e. The Hall–Kier alpha value is -2.44. The minimum atomic E-state index is -0.795. The zero-order valence-corrected chi connectivity index (χ0v) is 45.2. The molecule has 3 N–H and O–H groups in total. The molecular formula is C62H113NO5. The molecule has 0 radical (unpaired) electrons. The van der Waals surface area contributed by atoms with Crippen molar-refractivity contribution in [3.63, 3.8) is 0 Å². The molecule has 1 amide bonds. The summed E-state index contributed by atoms with van der Waals surface area (Å²) in [5, 5.41) is 23.9. The average Bonchev–Trinajstić information content (AvgIpc) is 3.33. The summed E-state index contributed by atoms with van der Waals surface area (Å²) in [6, 6.07) is -0.709. The molecule has 0 aliphatic carbocycles. The van der Waals surface area contributed by atoms with E-state index in [9.17, 15) is 19.8 Å². The minimum absolute atomic E-state index is 0.0667. The van der Waals surface area contributed by atoms with E-state index in [0.717, 1.165) is 96.3 Å². The molecule has 0 rings (SSSR count). The number of esters is 1. The molecule has 3 unspecified atom stereocenters. The lowest BCUT2D eigenvalue weighted by molar-refractivity contribution is -0.151. The van der Waals surface area contributed by atoms with E-state index in [1.807, 2.05) is 0 Å². The van der Waals surface area contributed by atoms with Gasteiger partial charge in [0.15, 0.2) is 0 Å². The van der Waals surface area contributed by atoms with Gasteiger partial charge in [-0.05, 0) is 89.9 Å². The largest absolute Gasteiger partial charge is 0.462 e. The number of ether oxygens (including phenoxy) is 1. The molecule has 6 nitrogen and oxygen atoms in total. The van der Waals surface area contributed by atoms with Gasteiger partial charge in [-0.1, -0.05) is 255 Å². The van der Waals surface area contributed by atoms with Gasteiger partial charge in [0, 0.05) is 6.42 Å². The molecule has 6 heteroatoms. The van der Waals surface area contributed by atoms with Crippen molar-refractivity contribution in [2.24, 2.45) is 0 Å². The number of allylic oxidation sites excluding steroid dienone is 10. The van der Waals surface area contributed by atoms with Crippen molar-refractivity contribution in [1.82, 2.24) is 5.32 Å². The molecule has 0 spiro atoms. The second-order valence-corrected chi connectivity index (χ2v) is 20.0. The van der Waals surface area contributed by atoms with Gasteiger partial charge in [0.05, 0.1) is 25.2 Å². The number of amides is 1. The summed E-state index contributed by atoms with van der Waals surface area (Å²) in [5.41, 5.74) is 0. The molecule has 0 heterocycles. The summed E-state index contributed by atoms with van der Waals surface area (Å²) in [6.45, 7) is 6.38. The first-order valence-electron chi connectivity index (χ1n) is 29.5. The fourth-order valence-electron chi connectivity index (χ4n) is 8.89. The highest BCUT2D eigenvalue weighted by Gasteiger charge is 2.24. The Kier molecular flexibility index (Phi) is 53.5. The van der Waals surface area contributed by atoms with Crippen molar-refractivity contribution in [3.05, 3.63) is 60.8 Å². The number of carbonyl (C=O) groups is 2. The first-order chi connectivity index (χ1) is 33.5. The highest BCUT2D eigenvalue weighted by Crippen LogP contribution is 2.18. The highest BCUT2D eigenvalue weighted by atomic mass is 16.5. The molecule has 3 atom stereocenters. The van der Waals surface area contributed by atoms with E-state index in [1.54, 1.807) is 0 Å². The Balaban J connectivity index is 4.58. The first-order valence-corrected chi connectivity index (χ1v) is 29.5. The van der Waals surface area contributed by atoms with E-state index < -0.39 is 18.2 Å². The van der Waals surface area contributed by atoms with Crippen LogP contribution in [0.25, 0.3) is 0 Å². The average molecular weight is 953 g/mol. The molecule has 396 valence electrons. The van der Waals surface area contributed by atoms with Crippen LogP contribution in [-0.2, 0) is 14.3 Å². The lowest BCUT2D eigenvalue weighted by Crippen LogP contribution is -2.46. The van der Waals surface area contributed by atoms with Crippen LogP contribution in [0.3, 0.4) is 0 Å². The van der Waals surface area contributed by atoms with Crippen LogP contribution in [0.1, 0.15) is 297 Å². The number of nitrogens with one attached hydrogen (secondary N) is 1. The van der Waals surface area contributed by atoms with Gasteiger partial charge in [0.1, 0.15) is 6.10 Å². The molecule has 68 heavy (non-hydrogen) atoms. The third kappa shape index (κ3) is 50.0. The maximum atomic E-state index is 13.3. The van der Waals surface area contributed by atoms with E-state index in [1.165, 1.54) is 154 Å². The van der Waals surface area contributed by atoms with Crippen LogP contribution in [0, 0.1) is 0 Å². The van der Waals surface area contributed by atoms with Crippen molar-refractivity contribution < 1.29 is 24.5 Å². The Bertz CT molecular complexity index is 1210. The third-order valence-electron chi connectivity index (χ3n) is 13.3. The molecular weight excluding hydrogens is 839 g/mol. The quantitative estimate of drug-likeness (QED) is 0.0321. The van der Waals surface area contributed by atoms with Crippen molar-refractivity contribution in [2.75, 3.05) is 6.61 Å². The monoisotopic (exact) mass is 952 g/mol. The van der Waals surface area contributed by atoms with Gasteiger partial charge in [0.2, 0.25) is 5.91 Å². The van der Waals surface area contributed by atoms with Gasteiger partial charge < -0.3 is 20.3 Å². The lowest BCUT2D eigenvalue weighted by Gasteiger charge is -2.24. The van der Waals surface area contributed by atoms with Gasteiger partial charge >= 0.3 is 5.97 Å². The molecule has 0 bridgehead atoms. The molecule has 0 saturated carbocycles. The normalized spacial score (nSPS) is 13.5. The second kappa shape index (κ2) is 55.5. The second-order valence-electron chi connectivity index (χ2n) is 20.0.